The Morgan fingerprint density at radius 3 is 2.79 bits per heavy atom. The van der Waals surface area contributed by atoms with Crippen LogP contribution in [0.25, 0.3) is 0 Å². The third-order valence-corrected chi connectivity index (χ3v) is 6.04. The molecule has 1 aromatic rings. The molecule has 2 aliphatic carbocycles. The maximum absolute atomic E-state index is 12.3. The van der Waals surface area contributed by atoms with Crippen molar-refractivity contribution in [3.8, 4) is 0 Å². The Balaban J connectivity index is 1.21. The van der Waals surface area contributed by atoms with Gasteiger partial charge in [0, 0.05) is 31.5 Å². The highest BCUT2D eigenvalue weighted by atomic mass is 16.1. The molecule has 0 aromatic carbocycles. The molecule has 24 heavy (non-hydrogen) atoms. The van der Waals surface area contributed by atoms with Gasteiger partial charge in [0.15, 0.2) is 5.82 Å². The highest BCUT2D eigenvalue weighted by Gasteiger charge is 2.30. The lowest BCUT2D eigenvalue weighted by Crippen LogP contribution is -2.52. The number of aromatic nitrogens is 2. The van der Waals surface area contributed by atoms with E-state index in [4.69, 9.17) is 0 Å². The van der Waals surface area contributed by atoms with Crippen molar-refractivity contribution in [2.45, 2.75) is 51.9 Å². The fourth-order valence-electron chi connectivity index (χ4n) is 4.27. The Kier molecular flexibility index (Phi) is 4.42. The van der Waals surface area contributed by atoms with Gasteiger partial charge in [-0.05, 0) is 62.5 Å². The van der Waals surface area contributed by atoms with E-state index in [9.17, 15) is 4.79 Å². The normalized spacial score (nSPS) is 26.8. The molecule has 0 atom stereocenters. The van der Waals surface area contributed by atoms with E-state index in [1.807, 2.05) is 0 Å². The third kappa shape index (κ3) is 3.26. The van der Waals surface area contributed by atoms with Crippen molar-refractivity contribution in [2.75, 3.05) is 24.5 Å². The van der Waals surface area contributed by atoms with Crippen molar-refractivity contribution in [1.29, 1.82) is 0 Å². The van der Waals surface area contributed by atoms with E-state index < -0.39 is 0 Å². The summed E-state index contributed by atoms with van der Waals surface area (Å²) in [5.41, 5.74) is 2.56. The molecule has 0 radical (unpaired) electrons. The summed E-state index contributed by atoms with van der Waals surface area (Å²) >= 11 is 0. The van der Waals surface area contributed by atoms with Crippen LogP contribution in [0.1, 0.15) is 50.3 Å². The van der Waals surface area contributed by atoms with Gasteiger partial charge in [-0.1, -0.05) is 6.92 Å². The third-order valence-electron chi connectivity index (χ3n) is 6.04. The van der Waals surface area contributed by atoms with E-state index >= 15 is 0 Å². The molecule has 1 saturated heterocycles. The molecule has 1 saturated carbocycles. The minimum absolute atomic E-state index is 0.250. The molecule has 1 aliphatic heterocycles. The average molecular weight is 328 g/mol. The molecule has 0 spiro atoms. The zero-order valence-electron chi connectivity index (χ0n) is 14.6. The van der Waals surface area contributed by atoms with E-state index in [-0.39, 0.29) is 11.8 Å². The predicted molar refractivity (Wildman–Crippen MR) is 93.9 cm³/mol. The molecule has 5 heteroatoms. The van der Waals surface area contributed by atoms with Gasteiger partial charge in [-0.2, -0.15) is 5.10 Å². The molecule has 4 rings (SSSR count). The van der Waals surface area contributed by atoms with Crippen molar-refractivity contribution < 1.29 is 4.79 Å². The van der Waals surface area contributed by atoms with Crippen LogP contribution in [0.5, 0.6) is 0 Å². The summed E-state index contributed by atoms with van der Waals surface area (Å²) in [6.07, 6.45) is 7.96. The number of rotatable bonds is 4. The molecule has 5 nitrogen and oxygen atoms in total. The predicted octanol–water partition coefficient (Wildman–Crippen LogP) is 2.34. The monoisotopic (exact) mass is 328 g/mol. The smallest absolute Gasteiger partial charge is 0.223 e. The van der Waals surface area contributed by atoms with Crippen molar-refractivity contribution >= 4 is 11.7 Å². The van der Waals surface area contributed by atoms with Gasteiger partial charge in [0.05, 0.1) is 5.69 Å². The Morgan fingerprint density at radius 1 is 1.21 bits per heavy atom. The van der Waals surface area contributed by atoms with E-state index in [1.54, 1.807) is 0 Å². The number of carbonyl (C=O) groups is 1. The molecule has 0 unspecified atom stereocenters. The highest BCUT2D eigenvalue weighted by molar-refractivity contribution is 5.78. The summed E-state index contributed by atoms with van der Waals surface area (Å²) in [7, 11) is 0. The second kappa shape index (κ2) is 6.69. The first-order valence-electron chi connectivity index (χ1n) is 9.57. The molecular weight excluding hydrogens is 300 g/mol. The average Bonchev–Trinajstić information content (AvgIpc) is 3.01. The summed E-state index contributed by atoms with van der Waals surface area (Å²) in [6, 6.07) is 2.22. The first-order valence-corrected chi connectivity index (χ1v) is 9.57. The summed E-state index contributed by atoms with van der Waals surface area (Å²) in [4.78, 5) is 14.6. The van der Waals surface area contributed by atoms with Gasteiger partial charge >= 0.3 is 0 Å². The maximum atomic E-state index is 12.3. The van der Waals surface area contributed by atoms with Crippen molar-refractivity contribution in [2.24, 2.45) is 17.8 Å². The van der Waals surface area contributed by atoms with E-state index in [0.717, 1.165) is 57.1 Å². The summed E-state index contributed by atoms with van der Waals surface area (Å²) in [5, 5.41) is 11.9. The molecule has 3 aliphatic rings. The highest BCUT2D eigenvalue weighted by Crippen LogP contribution is 2.29. The second-order valence-electron chi connectivity index (χ2n) is 8.00. The molecule has 2 heterocycles. The van der Waals surface area contributed by atoms with Gasteiger partial charge in [0.1, 0.15) is 0 Å². The molecule has 130 valence electrons. The SMILES string of the molecule is CC1CCC(C(=O)NCC2CN(c3cc4c(nn3)CCC4)C2)CC1. The fraction of sp³-hybridized carbons (Fsp3) is 0.737. The van der Waals surface area contributed by atoms with Crippen LogP contribution in [0.3, 0.4) is 0 Å². The molecule has 1 N–H and O–H groups in total. The number of nitrogens with one attached hydrogen (secondary N) is 1. The van der Waals surface area contributed by atoms with Gasteiger partial charge in [-0.3, -0.25) is 4.79 Å². The van der Waals surface area contributed by atoms with Gasteiger partial charge in [0.25, 0.3) is 0 Å². The van der Waals surface area contributed by atoms with Crippen molar-refractivity contribution in [3.63, 3.8) is 0 Å². The lowest BCUT2D eigenvalue weighted by Gasteiger charge is -2.40. The van der Waals surface area contributed by atoms with Crippen LogP contribution < -0.4 is 10.2 Å². The van der Waals surface area contributed by atoms with Crippen LogP contribution in [-0.4, -0.2) is 35.7 Å². The number of hydrogen-bond donors (Lipinski definition) is 1. The number of nitrogens with zero attached hydrogens (tertiary/aromatic N) is 3. The molecule has 2 fully saturated rings. The van der Waals surface area contributed by atoms with Crippen molar-refractivity contribution in [3.05, 3.63) is 17.3 Å². The first kappa shape index (κ1) is 15.9. The largest absolute Gasteiger partial charge is 0.355 e. The molecule has 1 aromatic heterocycles. The number of hydrogen-bond acceptors (Lipinski definition) is 4. The standard InChI is InChI=1S/C19H28N4O/c1-13-5-7-15(8-6-13)19(24)20-10-14-11-23(12-14)18-9-16-3-2-4-17(16)21-22-18/h9,13-15H,2-8,10-12H2,1H3,(H,20,24). The molecule has 1 amide bonds. The fourth-order valence-corrected chi connectivity index (χ4v) is 4.27. The Hall–Kier alpha value is -1.65. The topological polar surface area (TPSA) is 58.1 Å². The van der Waals surface area contributed by atoms with E-state index in [2.05, 4.69) is 33.4 Å². The lowest BCUT2D eigenvalue weighted by atomic mass is 9.82. The van der Waals surface area contributed by atoms with Crippen LogP contribution in [-0.2, 0) is 17.6 Å². The second-order valence-corrected chi connectivity index (χ2v) is 8.00. The molecular formula is C19H28N4O. The van der Waals surface area contributed by atoms with Gasteiger partial charge < -0.3 is 10.2 Å². The van der Waals surface area contributed by atoms with Crippen LogP contribution in [0.4, 0.5) is 5.82 Å². The molecule has 0 bridgehead atoms. The van der Waals surface area contributed by atoms with Gasteiger partial charge in [-0.15, -0.1) is 5.10 Å². The Labute approximate surface area is 144 Å². The zero-order valence-corrected chi connectivity index (χ0v) is 14.6. The van der Waals surface area contributed by atoms with Crippen LogP contribution in [0.15, 0.2) is 6.07 Å². The van der Waals surface area contributed by atoms with Crippen LogP contribution in [0.2, 0.25) is 0 Å². The quantitative estimate of drug-likeness (QED) is 0.922. The van der Waals surface area contributed by atoms with Crippen molar-refractivity contribution in [1.82, 2.24) is 15.5 Å². The Morgan fingerprint density at radius 2 is 2.00 bits per heavy atom. The number of carbonyl (C=O) groups excluding carboxylic acids is 1. The summed E-state index contributed by atoms with van der Waals surface area (Å²) < 4.78 is 0. The number of anilines is 1. The maximum Gasteiger partial charge on any atom is 0.223 e. The van der Waals surface area contributed by atoms with E-state index in [0.29, 0.717) is 5.92 Å². The van der Waals surface area contributed by atoms with Gasteiger partial charge in [-0.25, -0.2) is 0 Å². The lowest BCUT2D eigenvalue weighted by molar-refractivity contribution is -0.126. The zero-order chi connectivity index (χ0) is 16.5. The number of fused-ring (bicyclic) bond motifs is 1. The minimum Gasteiger partial charge on any atom is -0.355 e. The van der Waals surface area contributed by atoms with Crippen LogP contribution in [0, 0.1) is 17.8 Å². The summed E-state index contributed by atoms with van der Waals surface area (Å²) in [5.74, 6) is 2.88. The van der Waals surface area contributed by atoms with Crippen LogP contribution >= 0.6 is 0 Å². The number of amides is 1. The first-order chi connectivity index (χ1) is 11.7. The minimum atomic E-state index is 0.250. The van der Waals surface area contributed by atoms with E-state index in [1.165, 1.54) is 30.5 Å². The van der Waals surface area contributed by atoms with Gasteiger partial charge in [0.2, 0.25) is 5.91 Å². The summed E-state index contributed by atoms with van der Waals surface area (Å²) in [6.45, 7) is 5.06. The number of aryl methyl sites for hydroxylation is 2. The Bertz CT molecular complexity index is 603.